The predicted octanol–water partition coefficient (Wildman–Crippen LogP) is 2.68. The van der Waals surface area contributed by atoms with E-state index in [1.807, 2.05) is 24.0 Å². The van der Waals surface area contributed by atoms with Crippen molar-refractivity contribution in [3.63, 3.8) is 0 Å². The molecule has 0 spiro atoms. The maximum Gasteiger partial charge on any atom is 0.490 e. The number of carboxylic acid groups (broad SMARTS) is 1. The second-order valence-corrected chi connectivity index (χ2v) is 7.26. The van der Waals surface area contributed by atoms with Crippen molar-refractivity contribution >= 4 is 11.9 Å². The van der Waals surface area contributed by atoms with Gasteiger partial charge in [0.05, 0.1) is 18.3 Å². The Morgan fingerprint density at radius 3 is 2.66 bits per heavy atom. The maximum absolute atomic E-state index is 12.7. The zero-order valence-electron chi connectivity index (χ0n) is 16.4. The van der Waals surface area contributed by atoms with E-state index in [9.17, 15) is 18.0 Å². The fourth-order valence-electron chi connectivity index (χ4n) is 3.74. The normalized spacial score (nSPS) is 24.2. The Hall–Kier alpha value is -2.20. The van der Waals surface area contributed by atoms with Crippen molar-refractivity contribution in [1.82, 2.24) is 9.88 Å². The maximum atomic E-state index is 12.7. The third-order valence-electron chi connectivity index (χ3n) is 5.11. The summed E-state index contributed by atoms with van der Waals surface area (Å²) in [7, 11) is 1.73. The number of methoxy groups -OCH3 is 1. The highest BCUT2D eigenvalue weighted by Gasteiger charge is 2.47. The second-order valence-electron chi connectivity index (χ2n) is 7.26. The largest absolute Gasteiger partial charge is 0.490 e. The van der Waals surface area contributed by atoms with Gasteiger partial charge in [-0.1, -0.05) is 0 Å². The zero-order chi connectivity index (χ0) is 21.7. The van der Waals surface area contributed by atoms with Crippen molar-refractivity contribution in [2.24, 2.45) is 5.41 Å². The smallest absolute Gasteiger partial charge is 0.475 e. The predicted molar refractivity (Wildman–Crippen MR) is 96.5 cm³/mol. The van der Waals surface area contributed by atoms with Gasteiger partial charge in [0.15, 0.2) is 0 Å². The van der Waals surface area contributed by atoms with Crippen LogP contribution in [0, 0.1) is 12.3 Å². The first kappa shape index (κ1) is 23.1. The van der Waals surface area contributed by atoms with Gasteiger partial charge in [-0.05, 0) is 38.3 Å². The molecule has 7 nitrogen and oxygen atoms in total. The number of nitrogens with zero attached hydrogens (tertiary/aromatic N) is 2. The molecule has 0 saturated carbocycles. The summed E-state index contributed by atoms with van der Waals surface area (Å²) in [4.78, 5) is 27.8. The van der Waals surface area contributed by atoms with Crippen molar-refractivity contribution in [2.45, 2.75) is 38.5 Å². The van der Waals surface area contributed by atoms with Gasteiger partial charge < -0.3 is 19.5 Å². The van der Waals surface area contributed by atoms with Crippen LogP contribution in [0.25, 0.3) is 0 Å². The van der Waals surface area contributed by atoms with Crippen molar-refractivity contribution in [3.8, 4) is 0 Å². The molecule has 10 heteroatoms. The summed E-state index contributed by atoms with van der Waals surface area (Å²) in [6.45, 7) is 4.84. The molecule has 0 aliphatic carbocycles. The van der Waals surface area contributed by atoms with Crippen molar-refractivity contribution < 1.29 is 37.3 Å². The van der Waals surface area contributed by atoms with Gasteiger partial charge in [-0.25, -0.2) is 4.79 Å². The number of carboxylic acids is 1. The minimum absolute atomic E-state index is 0.0565. The molecule has 2 aliphatic rings. The highest BCUT2D eigenvalue weighted by atomic mass is 19.4. The number of aromatic nitrogens is 1. The Morgan fingerprint density at radius 1 is 1.41 bits per heavy atom. The second kappa shape index (κ2) is 9.53. The Bertz CT molecular complexity index is 707. The first-order valence-corrected chi connectivity index (χ1v) is 9.21. The number of rotatable bonds is 3. The van der Waals surface area contributed by atoms with E-state index in [4.69, 9.17) is 19.4 Å². The van der Waals surface area contributed by atoms with E-state index in [-0.39, 0.29) is 17.4 Å². The fourth-order valence-corrected chi connectivity index (χ4v) is 3.74. The molecule has 2 saturated heterocycles. The SMILES string of the molecule is COCC12CCCOC1CCN(C(=O)c1ccc(C)nc1)C2.O=C(O)C(F)(F)F. The standard InChI is InChI=1S/C17H24N2O3.C2HF3O2/c1-13-4-5-14(10-18-13)16(20)19-8-6-15-17(11-19,12-21-2)7-3-9-22-15;3-2(4,5)1(6)7/h4-5,10,15H,3,6-9,11-12H2,1-2H3;(H,6,7). The van der Waals surface area contributed by atoms with E-state index in [0.717, 1.165) is 38.1 Å². The molecule has 2 fully saturated rings. The molecule has 162 valence electrons. The van der Waals surface area contributed by atoms with Crippen LogP contribution in [0.4, 0.5) is 13.2 Å². The number of aryl methyl sites for hydroxylation is 1. The topological polar surface area (TPSA) is 89.0 Å². The molecule has 1 aromatic heterocycles. The van der Waals surface area contributed by atoms with Crippen molar-refractivity contribution in [1.29, 1.82) is 0 Å². The van der Waals surface area contributed by atoms with E-state index in [1.165, 1.54) is 0 Å². The number of carbonyl (C=O) groups is 2. The van der Waals surface area contributed by atoms with Gasteiger partial charge in [0, 0.05) is 44.1 Å². The number of carbonyl (C=O) groups excluding carboxylic acids is 1. The van der Waals surface area contributed by atoms with E-state index in [2.05, 4.69) is 4.98 Å². The molecule has 1 amide bonds. The number of likely N-dealkylation sites (tertiary alicyclic amines) is 1. The number of aliphatic carboxylic acids is 1. The van der Waals surface area contributed by atoms with Crippen LogP contribution >= 0.6 is 0 Å². The van der Waals surface area contributed by atoms with E-state index in [1.54, 1.807) is 13.3 Å². The molecule has 2 unspecified atom stereocenters. The Balaban J connectivity index is 0.000000370. The number of pyridine rings is 1. The molecule has 0 bridgehead atoms. The summed E-state index contributed by atoms with van der Waals surface area (Å²) < 4.78 is 43.2. The van der Waals surface area contributed by atoms with Crippen molar-refractivity contribution in [3.05, 3.63) is 29.6 Å². The number of alkyl halides is 3. The highest BCUT2D eigenvalue weighted by molar-refractivity contribution is 5.94. The quantitative estimate of drug-likeness (QED) is 0.812. The van der Waals surface area contributed by atoms with Gasteiger partial charge >= 0.3 is 12.1 Å². The van der Waals surface area contributed by atoms with Crippen molar-refractivity contribution in [2.75, 3.05) is 33.4 Å². The van der Waals surface area contributed by atoms with E-state index >= 15 is 0 Å². The van der Waals surface area contributed by atoms with E-state index in [0.29, 0.717) is 18.7 Å². The number of ether oxygens (including phenoxy) is 2. The van der Waals surface area contributed by atoms with Gasteiger partial charge in [-0.3, -0.25) is 9.78 Å². The van der Waals surface area contributed by atoms with Gasteiger partial charge in [-0.15, -0.1) is 0 Å². The first-order chi connectivity index (χ1) is 13.6. The third kappa shape index (κ3) is 5.89. The molecule has 3 heterocycles. The third-order valence-corrected chi connectivity index (χ3v) is 5.11. The molecule has 0 radical (unpaired) electrons. The summed E-state index contributed by atoms with van der Waals surface area (Å²) in [6, 6.07) is 3.74. The van der Waals surface area contributed by atoms with Crippen LogP contribution in [0.15, 0.2) is 18.3 Å². The van der Waals surface area contributed by atoms with Crippen LogP contribution in [0.3, 0.4) is 0 Å². The fraction of sp³-hybridized carbons (Fsp3) is 0.632. The summed E-state index contributed by atoms with van der Waals surface area (Å²) in [6.07, 6.45) is -0.227. The van der Waals surface area contributed by atoms with Crippen LogP contribution in [0.1, 0.15) is 35.3 Å². The molecular weight excluding hydrogens is 393 g/mol. The first-order valence-electron chi connectivity index (χ1n) is 9.21. The van der Waals surface area contributed by atoms with Crippen LogP contribution < -0.4 is 0 Å². The number of hydrogen-bond donors (Lipinski definition) is 1. The van der Waals surface area contributed by atoms with Gasteiger partial charge in [-0.2, -0.15) is 13.2 Å². The molecule has 1 N–H and O–H groups in total. The summed E-state index contributed by atoms with van der Waals surface area (Å²) >= 11 is 0. The lowest BCUT2D eigenvalue weighted by Crippen LogP contribution is -2.58. The number of fused-ring (bicyclic) bond motifs is 1. The molecule has 2 atom stereocenters. The average Bonchev–Trinajstić information content (AvgIpc) is 2.67. The number of halogens is 3. The van der Waals surface area contributed by atoms with Crippen LogP contribution in [-0.2, 0) is 14.3 Å². The summed E-state index contributed by atoms with van der Waals surface area (Å²) in [5, 5.41) is 7.12. The van der Waals surface area contributed by atoms with E-state index < -0.39 is 12.1 Å². The van der Waals surface area contributed by atoms with Crippen LogP contribution in [0.2, 0.25) is 0 Å². The minimum Gasteiger partial charge on any atom is -0.475 e. The van der Waals surface area contributed by atoms with Gasteiger partial charge in [0.25, 0.3) is 5.91 Å². The molecule has 3 rings (SSSR count). The highest BCUT2D eigenvalue weighted by Crippen LogP contribution is 2.40. The zero-order valence-corrected chi connectivity index (χ0v) is 16.4. The van der Waals surface area contributed by atoms with Gasteiger partial charge in [0.2, 0.25) is 0 Å². The average molecular weight is 418 g/mol. The van der Waals surface area contributed by atoms with Gasteiger partial charge in [0.1, 0.15) is 0 Å². The summed E-state index contributed by atoms with van der Waals surface area (Å²) in [5.41, 5.74) is 1.53. The molecule has 1 aromatic rings. The molecule has 29 heavy (non-hydrogen) atoms. The number of piperidine rings is 1. The lowest BCUT2D eigenvalue weighted by atomic mass is 9.73. The lowest BCUT2D eigenvalue weighted by Gasteiger charge is -2.50. The Labute approximate surface area is 166 Å². The number of hydrogen-bond acceptors (Lipinski definition) is 5. The Kier molecular flexibility index (Phi) is 7.59. The number of amides is 1. The minimum atomic E-state index is -5.08. The molecule has 2 aliphatic heterocycles. The van der Waals surface area contributed by atoms with Crippen LogP contribution in [-0.4, -0.2) is 72.6 Å². The molecule has 0 aromatic carbocycles. The van der Waals surface area contributed by atoms with Crippen LogP contribution in [0.5, 0.6) is 0 Å². The molecular formula is C19H25F3N2O5. The summed E-state index contributed by atoms with van der Waals surface area (Å²) in [5.74, 6) is -2.69. The monoisotopic (exact) mass is 418 g/mol. The lowest BCUT2D eigenvalue weighted by molar-refractivity contribution is -0.192. The Morgan fingerprint density at radius 2 is 2.10 bits per heavy atom.